The Bertz CT molecular complexity index is 313. The lowest BCUT2D eigenvalue weighted by molar-refractivity contribution is 0.541. The van der Waals surface area contributed by atoms with E-state index < -0.39 is 0 Å². The Morgan fingerprint density at radius 2 is 1.29 bits per heavy atom. The Balaban J connectivity index is 1.70. The van der Waals surface area contributed by atoms with Crippen LogP contribution in [-0.2, 0) is 6.42 Å². The van der Waals surface area contributed by atoms with Crippen LogP contribution in [0.1, 0.15) is 89.0 Å². The zero-order valence-corrected chi connectivity index (χ0v) is 14.6. The molecular formula is C20H34S. The first-order valence-electron chi connectivity index (χ1n) is 9.05. The van der Waals surface area contributed by atoms with Crippen LogP contribution in [0.3, 0.4) is 0 Å². The first-order chi connectivity index (χ1) is 10.4. The van der Waals surface area contributed by atoms with E-state index in [0.717, 1.165) is 0 Å². The Kier molecular flexibility index (Phi) is 12.7. The van der Waals surface area contributed by atoms with Gasteiger partial charge >= 0.3 is 0 Å². The van der Waals surface area contributed by atoms with E-state index in [9.17, 15) is 0 Å². The average Bonchev–Trinajstić information content (AvgIpc) is 3.01. The maximum atomic E-state index is 3.77. The number of hydrogen-bond acceptors (Lipinski definition) is 1. The Morgan fingerprint density at radius 3 is 1.76 bits per heavy atom. The number of hydrogen-bond donors (Lipinski definition) is 0. The third-order valence-corrected chi connectivity index (χ3v) is 4.94. The summed E-state index contributed by atoms with van der Waals surface area (Å²) in [6, 6.07) is 2.27. The molecule has 0 spiro atoms. The predicted octanol–water partition coefficient (Wildman–Crippen LogP) is 7.55. The molecule has 0 N–H and O–H groups in total. The van der Waals surface area contributed by atoms with Gasteiger partial charge in [0.25, 0.3) is 0 Å². The zero-order valence-electron chi connectivity index (χ0n) is 13.8. The van der Waals surface area contributed by atoms with Gasteiger partial charge in [-0.2, -0.15) is 11.3 Å². The van der Waals surface area contributed by atoms with E-state index in [0.29, 0.717) is 0 Å². The van der Waals surface area contributed by atoms with Gasteiger partial charge in [0.1, 0.15) is 0 Å². The lowest BCUT2D eigenvalue weighted by Crippen LogP contribution is -1.85. The van der Waals surface area contributed by atoms with Crippen molar-refractivity contribution in [2.75, 3.05) is 0 Å². The van der Waals surface area contributed by atoms with Crippen LogP contribution in [0, 0.1) is 0 Å². The second-order valence-electron chi connectivity index (χ2n) is 6.20. The minimum atomic E-state index is 1.20. The second kappa shape index (κ2) is 14.4. The highest BCUT2D eigenvalue weighted by Crippen LogP contribution is 2.14. The van der Waals surface area contributed by atoms with E-state index in [4.69, 9.17) is 0 Å². The van der Waals surface area contributed by atoms with E-state index in [-0.39, 0.29) is 0 Å². The number of thiophene rings is 1. The molecule has 0 saturated heterocycles. The molecular weight excluding hydrogens is 272 g/mol. The largest absolute Gasteiger partial charge is 0.152 e. The molecule has 0 aliphatic rings. The standard InChI is InChI=1S/C20H34S/c1-2-3-4-5-6-7-8-9-10-11-12-13-14-15-16-20-17-18-21-19-20/h2,17-19H,1,3-16H2. The average molecular weight is 307 g/mol. The number of aryl methyl sites for hydroxylation is 1. The van der Waals surface area contributed by atoms with E-state index in [1.807, 2.05) is 17.4 Å². The van der Waals surface area contributed by atoms with Gasteiger partial charge in [-0.1, -0.05) is 70.3 Å². The highest BCUT2D eigenvalue weighted by Gasteiger charge is 1.95. The predicted molar refractivity (Wildman–Crippen MR) is 98.2 cm³/mol. The van der Waals surface area contributed by atoms with Crippen molar-refractivity contribution in [1.82, 2.24) is 0 Å². The van der Waals surface area contributed by atoms with Crippen molar-refractivity contribution >= 4 is 11.3 Å². The quantitative estimate of drug-likeness (QED) is 0.232. The Labute approximate surface area is 136 Å². The molecule has 1 aromatic rings. The summed E-state index contributed by atoms with van der Waals surface area (Å²) in [4.78, 5) is 0. The summed E-state index contributed by atoms with van der Waals surface area (Å²) in [6.45, 7) is 3.77. The van der Waals surface area contributed by atoms with Crippen LogP contribution >= 0.6 is 11.3 Å². The Hall–Kier alpha value is -0.560. The molecule has 1 heteroatoms. The molecule has 21 heavy (non-hydrogen) atoms. The summed E-state index contributed by atoms with van der Waals surface area (Å²) in [5, 5.41) is 4.48. The molecule has 0 fully saturated rings. The maximum absolute atomic E-state index is 3.77. The molecule has 0 radical (unpaired) electrons. The van der Waals surface area contributed by atoms with E-state index >= 15 is 0 Å². The van der Waals surface area contributed by atoms with Crippen LogP contribution in [0.5, 0.6) is 0 Å². The van der Waals surface area contributed by atoms with Crippen molar-refractivity contribution in [3.8, 4) is 0 Å². The summed E-state index contributed by atoms with van der Waals surface area (Å²) >= 11 is 1.82. The van der Waals surface area contributed by atoms with E-state index in [2.05, 4.69) is 23.4 Å². The summed E-state index contributed by atoms with van der Waals surface area (Å²) in [5.41, 5.74) is 1.54. The maximum Gasteiger partial charge on any atom is -0.00613 e. The molecule has 1 aromatic heterocycles. The fourth-order valence-electron chi connectivity index (χ4n) is 2.82. The van der Waals surface area contributed by atoms with Crippen LogP contribution < -0.4 is 0 Å². The van der Waals surface area contributed by atoms with Crippen LogP contribution in [0.2, 0.25) is 0 Å². The van der Waals surface area contributed by atoms with Gasteiger partial charge in [-0.3, -0.25) is 0 Å². The molecule has 1 heterocycles. The van der Waals surface area contributed by atoms with Gasteiger partial charge in [0.2, 0.25) is 0 Å². The molecule has 0 nitrogen and oxygen atoms in total. The van der Waals surface area contributed by atoms with Crippen LogP contribution in [0.25, 0.3) is 0 Å². The highest BCUT2D eigenvalue weighted by atomic mass is 32.1. The Morgan fingerprint density at radius 1 is 0.762 bits per heavy atom. The summed E-state index contributed by atoms with van der Waals surface area (Å²) in [5.74, 6) is 0. The van der Waals surface area contributed by atoms with Crippen molar-refractivity contribution in [2.45, 2.75) is 89.9 Å². The molecule has 0 aliphatic heterocycles. The highest BCUT2D eigenvalue weighted by molar-refractivity contribution is 7.07. The van der Waals surface area contributed by atoms with Gasteiger partial charge < -0.3 is 0 Å². The minimum Gasteiger partial charge on any atom is -0.152 e. The van der Waals surface area contributed by atoms with Gasteiger partial charge in [-0.15, -0.1) is 6.58 Å². The lowest BCUT2D eigenvalue weighted by atomic mass is 10.0. The van der Waals surface area contributed by atoms with Crippen molar-refractivity contribution in [3.05, 3.63) is 35.0 Å². The third kappa shape index (κ3) is 11.7. The van der Waals surface area contributed by atoms with E-state index in [1.54, 1.807) is 0 Å². The van der Waals surface area contributed by atoms with Crippen molar-refractivity contribution in [1.29, 1.82) is 0 Å². The van der Waals surface area contributed by atoms with Gasteiger partial charge in [-0.05, 0) is 48.1 Å². The number of allylic oxidation sites excluding steroid dienone is 1. The molecule has 0 amide bonds. The molecule has 0 atom stereocenters. The first kappa shape index (κ1) is 18.5. The number of unbranched alkanes of at least 4 members (excludes halogenated alkanes) is 12. The zero-order chi connectivity index (χ0) is 15.0. The summed E-state index contributed by atoms with van der Waals surface area (Å²) < 4.78 is 0. The molecule has 0 unspecified atom stereocenters. The van der Waals surface area contributed by atoms with E-state index in [1.165, 1.54) is 95.5 Å². The van der Waals surface area contributed by atoms with Crippen LogP contribution in [0.4, 0.5) is 0 Å². The summed E-state index contributed by atoms with van der Waals surface area (Å²) in [7, 11) is 0. The van der Waals surface area contributed by atoms with Crippen molar-refractivity contribution in [3.63, 3.8) is 0 Å². The SMILES string of the molecule is C=CCCCCCCCCCCCCCCc1ccsc1. The first-order valence-corrected chi connectivity index (χ1v) is 9.99. The van der Waals surface area contributed by atoms with Crippen LogP contribution in [-0.4, -0.2) is 0 Å². The molecule has 1 rings (SSSR count). The summed E-state index contributed by atoms with van der Waals surface area (Å²) in [6.07, 6.45) is 21.6. The smallest absolute Gasteiger partial charge is 0.00613 e. The molecule has 120 valence electrons. The fourth-order valence-corrected chi connectivity index (χ4v) is 3.52. The molecule has 0 aliphatic carbocycles. The van der Waals surface area contributed by atoms with Crippen molar-refractivity contribution in [2.24, 2.45) is 0 Å². The topological polar surface area (TPSA) is 0 Å². The van der Waals surface area contributed by atoms with Crippen molar-refractivity contribution < 1.29 is 0 Å². The third-order valence-electron chi connectivity index (χ3n) is 4.20. The van der Waals surface area contributed by atoms with Gasteiger partial charge in [-0.25, -0.2) is 0 Å². The number of rotatable bonds is 15. The van der Waals surface area contributed by atoms with Crippen LogP contribution in [0.15, 0.2) is 29.5 Å². The fraction of sp³-hybridized carbons (Fsp3) is 0.700. The lowest BCUT2D eigenvalue weighted by Gasteiger charge is -2.03. The van der Waals surface area contributed by atoms with Gasteiger partial charge in [0.15, 0.2) is 0 Å². The minimum absolute atomic E-state index is 1.20. The molecule has 0 aromatic carbocycles. The normalized spacial score (nSPS) is 10.9. The van der Waals surface area contributed by atoms with Gasteiger partial charge in [0.05, 0.1) is 0 Å². The van der Waals surface area contributed by atoms with Gasteiger partial charge in [0, 0.05) is 0 Å². The second-order valence-corrected chi connectivity index (χ2v) is 6.98. The molecule has 0 bridgehead atoms. The monoisotopic (exact) mass is 306 g/mol. The molecule has 0 saturated carbocycles.